The van der Waals surface area contributed by atoms with Gasteiger partial charge in [0.25, 0.3) is 0 Å². The van der Waals surface area contributed by atoms with Crippen LogP contribution >= 0.6 is 0 Å². The predicted molar refractivity (Wildman–Crippen MR) is 257 cm³/mol. The molecule has 0 N–H and O–H groups in total. The molecule has 0 atom stereocenters. The van der Waals surface area contributed by atoms with E-state index in [1.807, 2.05) is 12.1 Å². The minimum Gasteiger partial charge on any atom is -0.456 e. The number of hydrogen-bond donors (Lipinski definition) is 0. The molecule has 3 heteroatoms. The molecular weight excluding hydrogens is 741 g/mol. The van der Waals surface area contributed by atoms with E-state index in [1.165, 1.54) is 54.9 Å². The van der Waals surface area contributed by atoms with Crippen molar-refractivity contribution in [3.8, 4) is 39.1 Å². The van der Waals surface area contributed by atoms with E-state index in [0.29, 0.717) is 0 Å². The number of fused-ring (bicyclic) bond motifs is 8. The molecule has 0 fully saturated rings. The Bertz CT molecular complexity index is 3580. The quantitative estimate of drug-likeness (QED) is 0.161. The van der Waals surface area contributed by atoms with Crippen LogP contribution in [0.2, 0.25) is 0 Å². The van der Waals surface area contributed by atoms with E-state index in [9.17, 15) is 0 Å². The predicted octanol–water partition coefficient (Wildman–Crippen LogP) is 16.3. The SMILES string of the molecule is c1ccc(-c2ccc(-c3cccc4c3c3c5ccccc5ccc3n4-c3cccc(N(c4cccc(-c5ccccc5)c4)c4ccc5oc6ccccc6c5c4)c3)cc2)cc1. The second-order valence-corrected chi connectivity index (χ2v) is 15.7. The van der Waals surface area contributed by atoms with Crippen molar-refractivity contribution in [2.24, 2.45) is 0 Å². The largest absolute Gasteiger partial charge is 0.456 e. The van der Waals surface area contributed by atoms with Crippen LogP contribution in [0.1, 0.15) is 0 Å². The Labute approximate surface area is 353 Å². The Morgan fingerprint density at radius 3 is 1.74 bits per heavy atom. The lowest BCUT2D eigenvalue weighted by molar-refractivity contribution is 0.669. The van der Waals surface area contributed by atoms with E-state index < -0.39 is 0 Å². The van der Waals surface area contributed by atoms with Gasteiger partial charge < -0.3 is 13.9 Å². The monoisotopic (exact) mass is 778 g/mol. The third-order valence-electron chi connectivity index (χ3n) is 12.2. The molecule has 0 bridgehead atoms. The average Bonchev–Trinajstić information content (AvgIpc) is 3.88. The van der Waals surface area contributed by atoms with Gasteiger partial charge >= 0.3 is 0 Å². The van der Waals surface area contributed by atoms with Crippen molar-refractivity contribution in [2.75, 3.05) is 4.90 Å². The standard InChI is InChI=1S/C58H38N2O/c1-3-14-39(15-4-1)41-28-30-43(31-29-41)50-25-13-26-53-57(50)58-49-23-8-7-18-42(49)32-34-54(58)60(53)47-22-12-21-46(37-47)59(45-20-11-19-44(36-45)40-16-5-2-6-17-40)48-33-35-56-52(38-48)51-24-9-10-27-55(51)61-56/h1-38H. The number of furan rings is 1. The fourth-order valence-corrected chi connectivity index (χ4v) is 9.35. The second-order valence-electron chi connectivity index (χ2n) is 15.7. The highest BCUT2D eigenvalue weighted by Gasteiger charge is 2.21. The molecule has 0 radical (unpaired) electrons. The summed E-state index contributed by atoms with van der Waals surface area (Å²) in [6, 6.07) is 83.0. The van der Waals surface area contributed by atoms with Gasteiger partial charge in [0.15, 0.2) is 0 Å². The molecule has 0 saturated heterocycles. The highest BCUT2D eigenvalue weighted by atomic mass is 16.3. The number of aromatic nitrogens is 1. The lowest BCUT2D eigenvalue weighted by atomic mass is 9.95. The van der Waals surface area contributed by atoms with Crippen LogP contribution in [0.4, 0.5) is 17.1 Å². The molecule has 0 aliphatic heterocycles. The number of benzene rings is 10. The molecule has 0 saturated carbocycles. The highest BCUT2D eigenvalue weighted by Crippen LogP contribution is 2.44. The van der Waals surface area contributed by atoms with Crippen molar-refractivity contribution in [3.05, 3.63) is 231 Å². The Morgan fingerprint density at radius 2 is 0.918 bits per heavy atom. The molecule has 12 aromatic rings. The molecule has 10 aromatic carbocycles. The summed E-state index contributed by atoms with van der Waals surface area (Å²) in [4.78, 5) is 2.38. The van der Waals surface area contributed by atoms with Gasteiger partial charge in [0.2, 0.25) is 0 Å². The van der Waals surface area contributed by atoms with E-state index in [0.717, 1.165) is 55.8 Å². The Hall–Kier alpha value is -8.14. The summed E-state index contributed by atoms with van der Waals surface area (Å²) < 4.78 is 8.75. The summed E-state index contributed by atoms with van der Waals surface area (Å²) in [6.45, 7) is 0. The smallest absolute Gasteiger partial charge is 0.135 e. The molecule has 0 amide bonds. The van der Waals surface area contributed by atoms with E-state index in [4.69, 9.17) is 4.42 Å². The summed E-state index contributed by atoms with van der Waals surface area (Å²) >= 11 is 0. The van der Waals surface area contributed by atoms with Gasteiger partial charge in [-0.05, 0) is 111 Å². The molecule has 2 aromatic heterocycles. The lowest BCUT2D eigenvalue weighted by Crippen LogP contribution is -2.10. The van der Waals surface area contributed by atoms with Gasteiger partial charge in [-0.15, -0.1) is 0 Å². The van der Waals surface area contributed by atoms with Crippen LogP contribution in [-0.4, -0.2) is 4.57 Å². The maximum atomic E-state index is 6.30. The molecule has 286 valence electrons. The summed E-state index contributed by atoms with van der Waals surface area (Å²) in [7, 11) is 0. The zero-order valence-electron chi connectivity index (χ0n) is 33.2. The van der Waals surface area contributed by atoms with Crippen LogP contribution in [0.5, 0.6) is 0 Å². The van der Waals surface area contributed by atoms with Crippen molar-refractivity contribution in [1.29, 1.82) is 0 Å². The van der Waals surface area contributed by atoms with E-state index in [-0.39, 0.29) is 0 Å². The number of rotatable bonds is 7. The van der Waals surface area contributed by atoms with Gasteiger partial charge in [0, 0.05) is 44.3 Å². The molecule has 0 aliphatic carbocycles. The number of hydrogen-bond acceptors (Lipinski definition) is 2. The van der Waals surface area contributed by atoms with Crippen LogP contribution in [-0.2, 0) is 0 Å². The highest BCUT2D eigenvalue weighted by molar-refractivity contribution is 6.25. The molecule has 3 nitrogen and oxygen atoms in total. The molecule has 2 heterocycles. The topological polar surface area (TPSA) is 21.3 Å². The first kappa shape index (κ1) is 34.9. The summed E-state index contributed by atoms with van der Waals surface area (Å²) in [5.41, 5.74) is 15.5. The summed E-state index contributed by atoms with van der Waals surface area (Å²) in [6.07, 6.45) is 0. The maximum Gasteiger partial charge on any atom is 0.135 e. The summed E-state index contributed by atoms with van der Waals surface area (Å²) in [5, 5.41) is 7.17. The molecule has 0 unspecified atom stereocenters. The van der Waals surface area contributed by atoms with Crippen molar-refractivity contribution in [1.82, 2.24) is 4.57 Å². The minimum absolute atomic E-state index is 0.875. The first-order chi connectivity index (χ1) is 30.2. The zero-order chi connectivity index (χ0) is 40.3. The van der Waals surface area contributed by atoms with Gasteiger partial charge in [-0.3, -0.25) is 0 Å². The van der Waals surface area contributed by atoms with Crippen molar-refractivity contribution in [2.45, 2.75) is 0 Å². The van der Waals surface area contributed by atoms with Crippen molar-refractivity contribution in [3.63, 3.8) is 0 Å². The van der Waals surface area contributed by atoms with Crippen molar-refractivity contribution < 1.29 is 4.42 Å². The van der Waals surface area contributed by atoms with Crippen LogP contribution < -0.4 is 4.90 Å². The number of para-hydroxylation sites is 1. The molecule has 61 heavy (non-hydrogen) atoms. The molecule has 12 rings (SSSR count). The molecule has 0 spiro atoms. The van der Waals surface area contributed by atoms with Gasteiger partial charge in [0.1, 0.15) is 11.2 Å². The normalized spacial score (nSPS) is 11.6. The minimum atomic E-state index is 0.875. The van der Waals surface area contributed by atoms with Crippen LogP contribution in [0.25, 0.3) is 93.6 Å². The van der Waals surface area contributed by atoms with Crippen LogP contribution in [0.15, 0.2) is 235 Å². The van der Waals surface area contributed by atoms with Crippen molar-refractivity contribution >= 4 is 71.6 Å². The lowest BCUT2D eigenvalue weighted by Gasteiger charge is -2.27. The first-order valence-corrected chi connectivity index (χ1v) is 20.8. The van der Waals surface area contributed by atoms with Gasteiger partial charge in [-0.25, -0.2) is 0 Å². The fraction of sp³-hybridized carbons (Fsp3) is 0. The van der Waals surface area contributed by atoms with Gasteiger partial charge in [-0.1, -0.05) is 164 Å². The Morgan fingerprint density at radius 1 is 0.328 bits per heavy atom. The Balaban J connectivity index is 1.07. The molecular formula is C58H38N2O. The zero-order valence-corrected chi connectivity index (χ0v) is 33.2. The Kier molecular flexibility index (Phi) is 8.17. The van der Waals surface area contributed by atoms with Crippen LogP contribution in [0, 0.1) is 0 Å². The second kappa shape index (κ2) is 14.3. The number of nitrogens with zero attached hydrogens (tertiary/aromatic N) is 2. The maximum absolute atomic E-state index is 6.30. The van der Waals surface area contributed by atoms with E-state index >= 15 is 0 Å². The summed E-state index contributed by atoms with van der Waals surface area (Å²) in [5.74, 6) is 0. The van der Waals surface area contributed by atoms with Crippen LogP contribution in [0.3, 0.4) is 0 Å². The third-order valence-corrected chi connectivity index (χ3v) is 12.2. The van der Waals surface area contributed by atoms with E-state index in [1.54, 1.807) is 0 Å². The first-order valence-electron chi connectivity index (χ1n) is 20.8. The third kappa shape index (κ3) is 5.90. The van der Waals surface area contributed by atoms with E-state index in [2.05, 4.69) is 228 Å². The average molecular weight is 779 g/mol. The van der Waals surface area contributed by atoms with Gasteiger partial charge in [0.05, 0.1) is 11.0 Å². The molecule has 0 aliphatic rings. The fourth-order valence-electron chi connectivity index (χ4n) is 9.35. The van der Waals surface area contributed by atoms with Gasteiger partial charge in [-0.2, -0.15) is 0 Å². The number of anilines is 3.